The highest BCUT2D eigenvalue weighted by Crippen LogP contribution is 2.26. The molecular formula is C14H15N3O3. The van der Waals surface area contributed by atoms with Crippen LogP contribution in [0.5, 0.6) is 0 Å². The van der Waals surface area contributed by atoms with Gasteiger partial charge in [-0.3, -0.25) is 0 Å². The molecule has 2 heterocycles. The van der Waals surface area contributed by atoms with Gasteiger partial charge in [-0.25, -0.2) is 14.8 Å². The number of hydrogen-bond acceptors (Lipinski definition) is 5. The van der Waals surface area contributed by atoms with E-state index in [0.29, 0.717) is 5.52 Å². The fourth-order valence-electron chi connectivity index (χ4n) is 2.51. The fraction of sp³-hybridized carbons (Fsp3) is 0.357. The van der Waals surface area contributed by atoms with Crippen LogP contribution in [0.25, 0.3) is 10.9 Å². The summed E-state index contributed by atoms with van der Waals surface area (Å²) in [5.74, 6) is -0.160. The van der Waals surface area contributed by atoms with E-state index >= 15 is 0 Å². The topological polar surface area (TPSA) is 86.5 Å². The summed E-state index contributed by atoms with van der Waals surface area (Å²) in [6, 6.07) is 4.87. The van der Waals surface area contributed by atoms with Crippen LogP contribution >= 0.6 is 0 Å². The van der Waals surface area contributed by atoms with Gasteiger partial charge >= 0.3 is 5.97 Å². The van der Waals surface area contributed by atoms with E-state index in [1.807, 2.05) is 0 Å². The molecule has 3 rings (SSSR count). The van der Waals surface area contributed by atoms with Gasteiger partial charge in [0.1, 0.15) is 12.1 Å². The predicted octanol–water partition coefficient (Wildman–Crippen LogP) is 1.29. The second-order valence-corrected chi connectivity index (χ2v) is 4.95. The highest BCUT2D eigenvalue weighted by atomic mass is 16.4. The Labute approximate surface area is 115 Å². The fourth-order valence-corrected chi connectivity index (χ4v) is 2.51. The maximum atomic E-state index is 11.0. The molecule has 6 heteroatoms. The van der Waals surface area contributed by atoms with Crippen molar-refractivity contribution in [3.63, 3.8) is 0 Å². The first kappa shape index (κ1) is 12.8. The number of aromatic nitrogens is 2. The number of rotatable bonds is 2. The van der Waals surface area contributed by atoms with Crippen molar-refractivity contribution >= 4 is 22.7 Å². The summed E-state index contributed by atoms with van der Waals surface area (Å²) >= 11 is 0. The first-order chi connectivity index (χ1) is 9.65. The number of carboxylic acids is 1. The zero-order valence-corrected chi connectivity index (χ0v) is 10.9. The number of aliphatic hydroxyl groups excluding tert-OH is 1. The van der Waals surface area contributed by atoms with E-state index in [0.717, 1.165) is 37.1 Å². The lowest BCUT2D eigenvalue weighted by Gasteiger charge is -2.31. The molecule has 2 N–H and O–H groups in total. The monoisotopic (exact) mass is 273 g/mol. The summed E-state index contributed by atoms with van der Waals surface area (Å²) in [6.07, 6.45) is 2.66. The van der Waals surface area contributed by atoms with Crippen LogP contribution in [0, 0.1) is 0 Å². The van der Waals surface area contributed by atoms with Crippen molar-refractivity contribution in [2.24, 2.45) is 0 Å². The van der Waals surface area contributed by atoms with Gasteiger partial charge in [0.15, 0.2) is 0 Å². The summed E-state index contributed by atoms with van der Waals surface area (Å²) in [4.78, 5) is 21.6. The minimum Gasteiger partial charge on any atom is -0.478 e. The van der Waals surface area contributed by atoms with Crippen molar-refractivity contribution in [2.45, 2.75) is 18.9 Å². The minimum atomic E-state index is -0.965. The Bertz CT molecular complexity index is 651. The van der Waals surface area contributed by atoms with E-state index in [1.165, 1.54) is 6.33 Å². The summed E-state index contributed by atoms with van der Waals surface area (Å²) in [7, 11) is 0. The molecular weight excluding hydrogens is 258 g/mol. The average molecular weight is 273 g/mol. The van der Waals surface area contributed by atoms with Crippen LogP contribution in [0.15, 0.2) is 24.5 Å². The second kappa shape index (κ2) is 5.05. The maximum absolute atomic E-state index is 11.0. The number of carbonyl (C=O) groups is 1. The lowest BCUT2D eigenvalue weighted by atomic mass is 10.1. The van der Waals surface area contributed by atoms with Crippen LogP contribution in [0.3, 0.4) is 0 Å². The standard InChI is InChI=1S/C14H15N3O3/c18-10-3-5-17(6-4-10)13-11-2-1-9(14(19)20)7-12(11)15-8-16-13/h1-2,7-8,10,18H,3-6H2,(H,19,20). The number of aliphatic hydroxyl groups is 1. The molecule has 6 nitrogen and oxygen atoms in total. The third kappa shape index (κ3) is 2.30. The Kier molecular flexibility index (Phi) is 3.23. The zero-order valence-electron chi connectivity index (χ0n) is 10.9. The van der Waals surface area contributed by atoms with Crippen LogP contribution in [-0.4, -0.2) is 45.3 Å². The summed E-state index contributed by atoms with van der Waals surface area (Å²) in [5.41, 5.74) is 0.845. The molecule has 0 atom stereocenters. The van der Waals surface area contributed by atoms with Crippen molar-refractivity contribution in [1.29, 1.82) is 0 Å². The number of hydrogen-bond donors (Lipinski definition) is 2. The van der Waals surface area contributed by atoms with Crippen LogP contribution in [-0.2, 0) is 0 Å². The molecule has 0 spiro atoms. The number of anilines is 1. The van der Waals surface area contributed by atoms with Gasteiger partial charge in [0, 0.05) is 18.5 Å². The number of carboxylic acid groups (broad SMARTS) is 1. The normalized spacial score (nSPS) is 16.6. The largest absolute Gasteiger partial charge is 0.478 e. The smallest absolute Gasteiger partial charge is 0.335 e. The number of benzene rings is 1. The molecule has 1 aliphatic rings. The lowest BCUT2D eigenvalue weighted by molar-refractivity contribution is 0.0697. The number of aromatic carboxylic acids is 1. The third-order valence-corrected chi connectivity index (χ3v) is 3.63. The van der Waals surface area contributed by atoms with Crippen molar-refractivity contribution < 1.29 is 15.0 Å². The highest BCUT2D eigenvalue weighted by molar-refractivity contribution is 5.96. The highest BCUT2D eigenvalue weighted by Gasteiger charge is 2.20. The Balaban J connectivity index is 2.01. The molecule has 1 fully saturated rings. The molecule has 1 aromatic heterocycles. The van der Waals surface area contributed by atoms with E-state index in [-0.39, 0.29) is 11.7 Å². The summed E-state index contributed by atoms with van der Waals surface area (Å²) in [5, 5.41) is 19.4. The summed E-state index contributed by atoms with van der Waals surface area (Å²) < 4.78 is 0. The molecule has 1 aromatic carbocycles. The molecule has 0 radical (unpaired) electrons. The Hall–Kier alpha value is -2.21. The molecule has 1 aliphatic heterocycles. The van der Waals surface area contributed by atoms with Crippen LogP contribution in [0.2, 0.25) is 0 Å². The van der Waals surface area contributed by atoms with Crippen molar-refractivity contribution in [2.75, 3.05) is 18.0 Å². The van der Waals surface area contributed by atoms with Gasteiger partial charge in [0.25, 0.3) is 0 Å². The SMILES string of the molecule is O=C(O)c1ccc2c(N3CCC(O)CC3)ncnc2c1. The Morgan fingerprint density at radius 2 is 2.00 bits per heavy atom. The predicted molar refractivity (Wildman–Crippen MR) is 74.0 cm³/mol. The van der Waals surface area contributed by atoms with Gasteiger partial charge in [-0.05, 0) is 31.0 Å². The van der Waals surface area contributed by atoms with Gasteiger partial charge in [-0.15, -0.1) is 0 Å². The molecule has 2 aromatic rings. The number of nitrogens with zero attached hydrogens (tertiary/aromatic N) is 3. The molecule has 20 heavy (non-hydrogen) atoms. The van der Waals surface area contributed by atoms with Gasteiger partial charge in [0.05, 0.1) is 17.2 Å². The van der Waals surface area contributed by atoms with Gasteiger partial charge in [0.2, 0.25) is 0 Å². The van der Waals surface area contributed by atoms with E-state index in [1.54, 1.807) is 18.2 Å². The molecule has 1 saturated heterocycles. The molecule has 0 bridgehead atoms. The van der Waals surface area contributed by atoms with Crippen molar-refractivity contribution in [3.8, 4) is 0 Å². The van der Waals surface area contributed by atoms with Crippen molar-refractivity contribution in [1.82, 2.24) is 9.97 Å². The van der Waals surface area contributed by atoms with Gasteiger partial charge in [-0.1, -0.05) is 0 Å². The molecule has 0 aliphatic carbocycles. The van der Waals surface area contributed by atoms with Crippen LogP contribution < -0.4 is 4.90 Å². The quantitative estimate of drug-likeness (QED) is 0.857. The Morgan fingerprint density at radius 1 is 1.25 bits per heavy atom. The van der Waals surface area contributed by atoms with E-state index in [2.05, 4.69) is 14.9 Å². The summed E-state index contributed by atoms with van der Waals surface area (Å²) in [6.45, 7) is 1.49. The molecule has 0 amide bonds. The third-order valence-electron chi connectivity index (χ3n) is 3.63. The van der Waals surface area contributed by atoms with E-state index < -0.39 is 5.97 Å². The van der Waals surface area contributed by atoms with E-state index in [9.17, 15) is 9.90 Å². The molecule has 0 unspecified atom stereocenters. The van der Waals surface area contributed by atoms with Gasteiger partial charge in [-0.2, -0.15) is 0 Å². The average Bonchev–Trinajstić information content (AvgIpc) is 2.47. The Morgan fingerprint density at radius 3 is 2.70 bits per heavy atom. The minimum absolute atomic E-state index is 0.219. The second-order valence-electron chi connectivity index (χ2n) is 4.95. The van der Waals surface area contributed by atoms with Crippen LogP contribution in [0.4, 0.5) is 5.82 Å². The molecule has 0 saturated carbocycles. The molecule has 104 valence electrons. The van der Waals surface area contributed by atoms with Crippen LogP contribution in [0.1, 0.15) is 23.2 Å². The maximum Gasteiger partial charge on any atom is 0.335 e. The number of fused-ring (bicyclic) bond motifs is 1. The zero-order chi connectivity index (χ0) is 14.1. The lowest BCUT2D eigenvalue weighted by Crippen LogP contribution is -2.36. The van der Waals surface area contributed by atoms with E-state index in [4.69, 9.17) is 5.11 Å². The number of piperidine rings is 1. The first-order valence-electron chi connectivity index (χ1n) is 6.56. The van der Waals surface area contributed by atoms with Crippen molar-refractivity contribution in [3.05, 3.63) is 30.1 Å². The first-order valence-corrected chi connectivity index (χ1v) is 6.56. The van der Waals surface area contributed by atoms with Gasteiger partial charge < -0.3 is 15.1 Å².